The number of alkyl halides is 3. The first kappa shape index (κ1) is 20.0. The van der Waals surface area contributed by atoms with Gasteiger partial charge in [0.05, 0.1) is 5.69 Å². The standard InChI is InChI=1S/C18H31F3N2/c1-4-6-8-10-13-17(3,14-11-9-7-5-2)16-12-15-23(22-16)18(19,20)21/h12,15H,4-11,13-14H2,1-3H3. The number of nitrogens with zero attached hydrogens (tertiary/aromatic N) is 2. The summed E-state index contributed by atoms with van der Waals surface area (Å²) in [5.74, 6) is 0. The Morgan fingerprint density at radius 1 is 0.913 bits per heavy atom. The van der Waals surface area contributed by atoms with E-state index in [0.29, 0.717) is 5.69 Å². The van der Waals surface area contributed by atoms with Crippen LogP contribution in [0, 0.1) is 0 Å². The lowest BCUT2D eigenvalue weighted by molar-refractivity contribution is -0.212. The predicted molar refractivity (Wildman–Crippen MR) is 88.4 cm³/mol. The topological polar surface area (TPSA) is 17.8 Å². The lowest BCUT2D eigenvalue weighted by Gasteiger charge is -2.28. The zero-order valence-corrected chi connectivity index (χ0v) is 14.8. The second-order valence-corrected chi connectivity index (χ2v) is 6.80. The van der Waals surface area contributed by atoms with Crippen molar-refractivity contribution in [3.05, 3.63) is 18.0 Å². The zero-order chi connectivity index (χ0) is 17.3. The maximum absolute atomic E-state index is 12.8. The molecule has 134 valence electrons. The van der Waals surface area contributed by atoms with E-state index in [2.05, 4.69) is 25.9 Å². The second kappa shape index (κ2) is 9.33. The minimum absolute atomic E-state index is 0.138. The van der Waals surface area contributed by atoms with Gasteiger partial charge in [-0.1, -0.05) is 72.1 Å². The number of hydrogen-bond donors (Lipinski definition) is 0. The van der Waals surface area contributed by atoms with E-state index in [1.807, 2.05) is 0 Å². The monoisotopic (exact) mass is 332 g/mol. The van der Waals surface area contributed by atoms with Gasteiger partial charge in [0, 0.05) is 11.6 Å². The highest BCUT2D eigenvalue weighted by molar-refractivity contribution is 5.14. The van der Waals surface area contributed by atoms with E-state index in [9.17, 15) is 13.2 Å². The Bertz CT molecular complexity index is 426. The summed E-state index contributed by atoms with van der Waals surface area (Å²) in [6, 6.07) is 1.55. The molecule has 0 aromatic carbocycles. The van der Waals surface area contributed by atoms with Crippen LogP contribution in [0.25, 0.3) is 0 Å². The van der Waals surface area contributed by atoms with Gasteiger partial charge in [0.25, 0.3) is 0 Å². The number of halogens is 3. The highest BCUT2D eigenvalue weighted by Crippen LogP contribution is 2.35. The van der Waals surface area contributed by atoms with Gasteiger partial charge in [0.1, 0.15) is 0 Å². The molecule has 0 aliphatic heterocycles. The van der Waals surface area contributed by atoms with E-state index in [1.165, 1.54) is 12.8 Å². The molecule has 0 aliphatic rings. The van der Waals surface area contributed by atoms with Crippen molar-refractivity contribution in [1.82, 2.24) is 9.78 Å². The summed E-state index contributed by atoms with van der Waals surface area (Å²) in [7, 11) is 0. The smallest absolute Gasteiger partial charge is 0.179 e. The van der Waals surface area contributed by atoms with E-state index in [1.54, 1.807) is 6.07 Å². The molecule has 1 heterocycles. The van der Waals surface area contributed by atoms with Crippen molar-refractivity contribution in [3.63, 3.8) is 0 Å². The van der Waals surface area contributed by atoms with Gasteiger partial charge >= 0.3 is 6.30 Å². The highest BCUT2D eigenvalue weighted by Gasteiger charge is 2.35. The SMILES string of the molecule is CCCCCCC(C)(CCCCCC)c1ccn(C(F)(F)F)n1. The summed E-state index contributed by atoms with van der Waals surface area (Å²) in [6.07, 6.45) is 7.52. The largest absolute Gasteiger partial charge is 0.504 e. The van der Waals surface area contributed by atoms with Gasteiger partial charge in [-0.05, 0) is 18.9 Å². The minimum atomic E-state index is -4.43. The molecule has 1 aromatic rings. The Balaban J connectivity index is 2.77. The van der Waals surface area contributed by atoms with Gasteiger partial charge in [0.2, 0.25) is 0 Å². The van der Waals surface area contributed by atoms with Crippen LogP contribution in [0.15, 0.2) is 12.3 Å². The molecule has 0 saturated heterocycles. The van der Waals surface area contributed by atoms with Crippen molar-refractivity contribution < 1.29 is 13.2 Å². The van der Waals surface area contributed by atoms with Gasteiger partial charge < -0.3 is 0 Å². The average molecular weight is 332 g/mol. The van der Waals surface area contributed by atoms with Crippen LogP contribution in [0.5, 0.6) is 0 Å². The van der Waals surface area contributed by atoms with Gasteiger partial charge in [-0.2, -0.15) is 9.78 Å². The van der Waals surface area contributed by atoms with Gasteiger partial charge in [-0.3, -0.25) is 0 Å². The molecule has 1 rings (SSSR count). The molecule has 1 aromatic heterocycles. The third-order valence-electron chi connectivity index (χ3n) is 4.63. The van der Waals surface area contributed by atoms with Crippen molar-refractivity contribution in [2.75, 3.05) is 0 Å². The summed E-state index contributed by atoms with van der Waals surface area (Å²) >= 11 is 0. The van der Waals surface area contributed by atoms with Gasteiger partial charge in [-0.15, -0.1) is 13.2 Å². The first-order chi connectivity index (χ1) is 10.8. The molecule has 0 atom stereocenters. The molecule has 0 N–H and O–H groups in total. The van der Waals surface area contributed by atoms with Crippen molar-refractivity contribution in [2.24, 2.45) is 0 Å². The van der Waals surface area contributed by atoms with Crippen molar-refractivity contribution >= 4 is 0 Å². The Labute approximate surface area is 138 Å². The molecule has 2 nitrogen and oxygen atoms in total. The highest BCUT2D eigenvalue weighted by atomic mass is 19.4. The molecule has 0 spiro atoms. The van der Waals surface area contributed by atoms with E-state index < -0.39 is 6.30 Å². The molecule has 5 heteroatoms. The molecule has 0 aliphatic carbocycles. The Morgan fingerprint density at radius 2 is 1.43 bits per heavy atom. The number of unbranched alkanes of at least 4 members (excludes halogenated alkanes) is 6. The summed E-state index contributed by atoms with van der Waals surface area (Å²) in [4.78, 5) is 0. The first-order valence-electron chi connectivity index (χ1n) is 8.97. The van der Waals surface area contributed by atoms with Gasteiger partial charge in [0.15, 0.2) is 0 Å². The molecule has 23 heavy (non-hydrogen) atoms. The Hall–Kier alpha value is -1.00. The van der Waals surface area contributed by atoms with Crippen molar-refractivity contribution in [2.45, 2.75) is 96.7 Å². The first-order valence-corrected chi connectivity index (χ1v) is 8.97. The summed E-state index contributed by atoms with van der Waals surface area (Å²) in [5, 5.41) is 3.84. The quantitative estimate of drug-likeness (QED) is 0.420. The lowest BCUT2D eigenvalue weighted by atomic mass is 9.77. The molecule has 0 unspecified atom stereocenters. The fourth-order valence-electron chi connectivity index (χ4n) is 3.05. The average Bonchev–Trinajstić information content (AvgIpc) is 2.99. The normalized spacial score (nSPS) is 12.8. The predicted octanol–water partition coefficient (Wildman–Crippen LogP) is 6.56. The van der Waals surface area contributed by atoms with Crippen molar-refractivity contribution in [1.29, 1.82) is 0 Å². The van der Waals surface area contributed by atoms with Crippen LogP contribution < -0.4 is 0 Å². The number of hydrogen-bond acceptors (Lipinski definition) is 1. The van der Waals surface area contributed by atoms with Crippen LogP contribution in [0.3, 0.4) is 0 Å². The summed E-state index contributed by atoms with van der Waals surface area (Å²) < 4.78 is 38.5. The maximum atomic E-state index is 12.8. The zero-order valence-electron chi connectivity index (χ0n) is 14.8. The number of rotatable bonds is 11. The van der Waals surface area contributed by atoms with E-state index in [4.69, 9.17) is 0 Å². The maximum Gasteiger partial charge on any atom is 0.504 e. The van der Waals surface area contributed by atoms with Crippen LogP contribution in [0.1, 0.15) is 90.7 Å². The van der Waals surface area contributed by atoms with E-state index in [0.717, 1.165) is 57.6 Å². The molecule has 0 amide bonds. The fourth-order valence-corrected chi connectivity index (χ4v) is 3.05. The van der Waals surface area contributed by atoms with Crippen LogP contribution in [-0.2, 0) is 11.7 Å². The molecular formula is C18H31F3N2. The third kappa shape index (κ3) is 6.56. The van der Waals surface area contributed by atoms with Crippen LogP contribution >= 0.6 is 0 Å². The molecule has 0 saturated carbocycles. The molecule has 0 bridgehead atoms. The second-order valence-electron chi connectivity index (χ2n) is 6.80. The molecule has 0 radical (unpaired) electrons. The molecule has 0 fully saturated rings. The van der Waals surface area contributed by atoms with Crippen LogP contribution in [-0.4, -0.2) is 9.78 Å². The minimum Gasteiger partial charge on any atom is -0.179 e. The molecular weight excluding hydrogens is 301 g/mol. The van der Waals surface area contributed by atoms with Crippen LogP contribution in [0.2, 0.25) is 0 Å². The van der Waals surface area contributed by atoms with Gasteiger partial charge in [-0.25, -0.2) is 0 Å². The van der Waals surface area contributed by atoms with E-state index >= 15 is 0 Å². The summed E-state index contributed by atoms with van der Waals surface area (Å²) in [5.41, 5.74) is 0.334. The lowest BCUT2D eigenvalue weighted by Crippen LogP contribution is -2.25. The number of aromatic nitrogens is 2. The fraction of sp³-hybridized carbons (Fsp3) is 0.833. The van der Waals surface area contributed by atoms with Crippen LogP contribution in [0.4, 0.5) is 13.2 Å². The third-order valence-corrected chi connectivity index (χ3v) is 4.63. The summed E-state index contributed by atoms with van der Waals surface area (Å²) in [6.45, 7) is 6.40. The Morgan fingerprint density at radius 3 is 1.83 bits per heavy atom. The van der Waals surface area contributed by atoms with E-state index in [-0.39, 0.29) is 10.1 Å². The van der Waals surface area contributed by atoms with Crippen molar-refractivity contribution in [3.8, 4) is 0 Å². The Kier molecular flexibility index (Phi) is 8.13.